The van der Waals surface area contributed by atoms with Crippen LogP contribution in [0.25, 0.3) is 22.0 Å². The molecule has 7 nitrogen and oxygen atoms in total. The van der Waals surface area contributed by atoms with Gasteiger partial charge in [-0.3, -0.25) is 4.79 Å². The Kier molecular flexibility index (Phi) is 4.02. The van der Waals surface area contributed by atoms with Crippen LogP contribution in [0, 0.1) is 13.8 Å². The van der Waals surface area contributed by atoms with Crippen molar-refractivity contribution in [3.8, 4) is 11.1 Å². The predicted octanol–water partition coefficient (Wildman–Crippen LogP) is 2.10. The number of aromatic nitrogens is 2. The minimum Gasteiger partial charge on any atom is -0.361 e. The lowest BCUT2D eigenvalue weighted by Gasteiger charge is -2.11. The molecule has 0 aliphatic carbocycles. The Balaban J connectivity index is 2.40. The zero-order valence-corrected chi connectivity index (χ0v) is 14.3. The number of aromatic amines is 1. The van der Waals surface area contributed by atoms with Gasteiger partial charge >= 0.3 is 0 Å². The van der Waals surface area contributed by atoms with Gasteiger partial charge in [0, 0.05) is 23.6 Å². The first kappa shape index (κ1) is 16.4. The van der Waals surface area contributed by atoms with Crippen LogP contribution >= 0.6 is 0 Å². The molecule has 2 heterocycles. The van der Waals surface area contributed by atoms with E-state index in [1.807, 2.05) is 0 Å². The molecule has 126 valence electrons. The molecule has 24 heavy (non-hydrogen) atoms. The van der Waals surface area contributed by atoms with Crippen molar-refractivity contribution in [1.82, 2.24) is 14.9 Å². The predicted molar refractivity (Wildman–Crippen MR) is 90.4 cm³/mol. The standard InChI is InChI=1S/C16H17N3O4S/c1-4-17-24(21,22)14-8-11(16-9(2)19-23-10(16)3)7-13-12(14)5-6-15(20)18-13/h5-8,17H,4H2,1-3H3,(H,18,20). The van der Waals surface area contributed by atoms with Crippen LogP contribution in [0.3, 0.4) is 0 Å². The molecule has 0 aliphatic heterocycles. The SMILES string of the molecule is CCNS(=O)(=O)c1cc(-c2c(C)noc2C)cc2[nH]c(=O)ccc12. The van der Waals surface area contributed by atoms with Crippen molar-refractivity contribution < 1.29 is 12.9 Å². The van der Waals surface area contributed by atoms with E-state index in [4.69, 9.17) is 4.52 Å². The van der Waals surface area contributed by atoms with Crippen LogP contribution in [0.1, 0.15) is 18.4 Å². The molecule has 0 aliphatic rings. The van der Waals surface area contributed by atoms with E-state index in [0.29, 0.717) is 27.9 Å². The van der Waals surface area contributed by atoms with Crippen LogP contribution in [0.15, 0.2) is 38.5 Å². The van der Waals surface area contributed by atoms with Gasteiger partial charge in [0.2, 0.25) is 15.6 Å². The number of benzene rings is 1. The molecule has 0 bridgehead atoms. The highest BCUT2D eigenvalue weighted by molar-refractivity contribution is 7.89. The fraction of sp³-hybridized carbons (Fsp3) is 0.250. The number of pyridine rings is 1. The molecule has 0 saturated carbocycles. The zero-order chi connectivity index (χ0) is 17.5. The summed E-state index contributed by atoms with van der Waals surface area (Å²) >= 11 is 0. The first-order chi connectivity index (χ1) is 11.3. The fourth-order valence-corrected chi connectivity index (χ4v) is 4.05. The summed E-state index contributed by atoms with van der Waals surface area (Å²) in [5, 5.41) is 4.36. The van der Waals surface area contributed by atoms with Gasteiger partial charge in [0.15, 0.2) is 0 Å². The smallest absolute Gasteiger partial charge is 0.248 e. The Labute approximate surface area is 138 Å². The number of nitrogens with one attached hydrogen (secondary N) is 2. The van der Waals surface area contributed by atoms with Gasteiger partial charge in [-0.15, -0.1) is 0 Å². The highest BCUT2D eigenvalue weighted by atomic mass is 32.2. The number of rotatable bonds is 4. The molecule has 1 aromatic carbocycles. The monoisotopic (exact) mass is 347 g/mol. The Bertz CT molecular complexity index is 1060. The first-order valence-corrected chi connectivity index (χ1v) is 8.92. The maximum atomic E-state index is 12.6. The number of hydrogen-bond donors (Lipinski definition) is 2. The summed E-state index contributed by atoms with van der Waals surface area (Å²) in [6.07, 6.45) is 0. The quantitative estimate of drug-likeness (QED) is 0.752. The second-order valence-corrected chi connectivity index (χ2v) is 7.19. The minimum atomic E-state index is -3.71. The summed E-state index contributed by atoms with van der Waals surface area (Å²) in [4.78, 5) is 14.4. The van der Waals surface area contributed by atoms with E-state index in [2.05, 4.69) is 14.9 Å². The van der Waals surface area contributed by atoms with Crippen molar-refractivity contribution in [2.45, 2.75) is 25.7 Å². The molecular formula is C16H17N3O4S. The van der Waals surface area contributed by atoms with Gasteiger partial charge in [0.25, 0.3) is 0 Å². The zero-order valence-electron chi connectivity index (χ0n) is 13.5. The lowest BCUT2D eigenvalue weighted by Crippen LogP contribution is -2.23. The van der Waals surface area contributed by atoms with Crippen molar-refractivity contribution in [2.24, 2.45) is 0 Å². The van der Waals surface area contributed by atoms with Crippen molar-refractivity contribution in [2.75, 3.05) is 6.54 Å². The van der Waals surface area contributed by atoms with E-state index < -0.39 is 10.0 Å². The van der Waals surface area contributed by atoms with Gasteiger partial charge in [0.05, 0.1) is 16.1 Å². The van der Waals surface area contributed by atoms with Crippen molar-refractivity contribution in [3.63, 3.8) is 0 Å². The summed E-state index contributed by atoms with van der Waals surface area (Å²) in [5.74, 6) is 0.580. The topological polar surface area (TPSA) is 105 Å². The average molecular weight is 347 g/mol. The minimum absolute atomic E-state index is 0.105. The van der Waals surface area contributed by atoms with Crippen LogP contribution in [-0.4, -0.2) is 25.1 Å². The van der Waals surface area contributed by atoms with Crippen LogP contribution in [0.5, 0.6) is 0 Å². The molecule has 0 atom stereocenters. The van der Waals surface area contributed by atoms with Crippen LogP contribution in [0.2, 0.25) is 0 Å². The molecule has 8 heteroatoms. The molecule has 0 unspecified atom stereocenters. The Morgan fingerprint density at radius 1 is 1.25 bits per heavy atom. The first-order valence-electron chi connectivity index (χ1n) is 7.43. The molecule has 2 N–H and O–H groups in total. The molecule has 0 radical (unpaired) electrons. The third-order valence-electron chi connectivity index (χ3n) is 3.75. The van der Waals surface area contributed by atoms with E-state index >= 15 is 0 Å². The third-order valence-corrected chi connectivity index (χ3v) is 5.33. The largest absolute Gasteiger partial charge is 0.361 e. The molecule has 3 rings (SSSR count). The van der Waals surface area contributed by atoms with E-state index in [1.54, 1.807) is 32.9 Å². The van der Waals surface area contributed by atoms with Gasteiger partial charge in [0.1, 0.15) is 5.76 Å². The summed E-state index contributed by atoms with van der Waals surface area (Å²) < 4.78 is 32.8. The molecular weight excluding hydrogens is 330 g/mol. The number of nitrogens with zero attached hydrogens (tertiary/aromatic N) is 1. The number of sulfonamides is 1. The average Bonchev–Trinajstić information content (AvgIpc) is 2.84. The molecule has 0 saturated heterocycles. The Hall–Kier alpha value is -2.45. The second-order valence-electron chi connectivity index (χ2n) is 5.46. The summed E-state index contributed by atoms with van der Waals surface area (Å²) in [6, 6.07) is 6.12. The van der Waals surface area contributed by atoms with Gasteiger partial charge in [-0.1, -0.05) is 12.1 Å². The van der Waals surface area contributed by atoms with Gasteiger partial charge in [-0.25, -0.2) is 13.1 Å². The van der Waals surface area contributed by atoms with E-state index in [-0.39, 0.29) is 17.0 Å². The molecule has 3 aromatic rings. The van der Waals surface area contributed by atoms with Crippen molar-refractivity contribution >= 4 is 20.9 Å². The molecule has 0 spiro atoms. The maximum Gasteiger partial charge on any atom is 0.248 e. The van der Waals surface area contributed by atoms with E-state index in [9.17, 15) is 13.2 Å². The molecule has 2 aromatic heterocycles. The fourth-order valence-electron chi connectivity index (χ4n) is 2.76. The van der Waals surface area contributed by atoms with Crippen LogP contribution in [0.4, 0.5) is 0 Å². The van der Waals surface area contributed by atoms with E-state index in [0.717, 1.165) is 5.56 Å². The number of aryl methyl sites for hydroxylation is 2. The second kappa shape index (κ2) is 5.88. The van der Waals surface area contributed by atoms with Gasteiger partial charge in [-0.05, 0) is 37.6 Å². The Morgan fingerprint density at radius 3 is 2.62 bits per heavy atom. The maximum absolute atomic E-state index is 12.6. The lowest BCUT2D eigenvalue weighted by atomic mass is 10.0. The number of H-pyrrole nitrogens is 1. The normalized spacial score (nSPS) is 12.0. The highest BCUT2D eigenvalue weighted by Gasteiger charge is 2.21. The summed E-state index contributed by atoms with van der Waals surface area (Å²) in [6.45, 7) is 5.51. The highest BCUT2D eigenvalue weighted by Crippen LogP contribution is 2.32. The van der Waals surface area contributed by atoms with E-state index in [1.165, 1.54) is 12.1 Å². The summed E-state index contributed by atoms with van der Waals surface area (Å²) in [7, 11) is -3.71. The summed E-state index contributed by atoms with van der Waals surface area (Å²) in [5.41, 5.74) is 2.13. The van der Waals surface area contributed by atoms with Crippen molar-refractivity contribution in [1.29, 1.82) is 0 Å². The van der Waals surface area contributed by atoms with Gasteiger partial charge < -0.3 is 9.51 Å². The Morgan fingerprint density at radius 2 is 2.00 bits per heavy atom. The lowest BCUT2D eigenvalue weighted by molar-refractivity contribution is 0.393. The molecule has 0 amide bonds. The third kappa shape index (κ3) is 2.74. The number of fused-ring (bicyclic) bond motifs is 1. The van der Waals surface area contributed by atoms with Crippen molar-refractivity contribution in [3.05, 3.63) is 46.1 Å². The van der Waals surface area contributed by atoms with Crippen LogP contribution in [-0.2, 0) is 10.0 Å². The number of hydrogen-bond acceptors (Lipinski definition) is 5. The van der Waals surface area contributed by atoms with Crippen LogP contribution < -0.4 is 10.3 Å². The van der Waals surface area contributed by atoms with Gasteiger partial charge in [-0.2, -0.15) is 0 Å². The molecule has 0 fully saturated rings.